The number of nitrogens with two attached hydrogens (primary N) is 1. The Morgan fingerprint density at radius 3 is 2.56 bits per heavy atom. The van der Waals surface area contributed by atoms with Gasteiger partial charge in [0.15, 0.2) is 5.78 Å². The molecule has 0 saturated carbocycles. The fourth-order valence-corrected chi connectivity index (χ4v) is 6.30. The van der Waals surface area contributed by atoms with Gasteiger partial charge in [0.05, 0.1) is 29.7 Å². The highest BCUT2D eigenvalue weighted by Crippen LogP contribution is 2.54. The van der Waals surface area contributed by atoms with Gasteiger partial charge in [0, 0.05) is 44.4 Å². The molecule has 0 aromatic heterocycles. The van der Waals surface area contributed by atoms with E-state index in [-0.39, 0.29) is 27.4 Å². The fraction of sp³-hybridized carbons (Fsp3) is 0.250. The Hall–Kier alpha value is -4.06. The van der Waals surface area contributed by atoms with E-state index in [0.717, 1.165) is 0 Å². The fourth-order valence-electron chi connectivity index (χ4n) is 5.95. The lowest BCUT2D eigenvalue weighted by Crippen LogP contribution is -2.49. The lowest BCUT2D eigenvalue weighted by atomic mass is 9.74. The number of nitrogens with zero attached hydrogens (tertiary/aromatic N) is 1. The average molecular weight is 601 g/mol. The van der Waals surface area contributed by atoms with Crippen LogP contribution in [0.25, 0.3) is 0 Å². The number of hydrogen-bond donors (Lipinski definition) is 3. The zero-order chi connectivity index (χ0) is 29.8. The summed E-state index contributed by atoms with van der Waals surface area (Å²) in [4.78, 5) is 51.4. The molecule has 3 aromatic carbocycles. The van der Waals surface area contributed by atoms with Crippen molar-refractivity contribution in [3.05, 3.63) is 102 Å². The van der Waals surface area contributed by atoms with Crippen molar-refractivity contribution in [2.24, 2.45) is 0 Å². The first-order chi connectivity index (χ1) is 19.4. The summed E-state index contributed by atoms with van der Waals surface area (Å²) >= 11 is 12.2. The van der Waals surface area contributed by atoms with Gasteiger partial charge in [0.1, 0.15) is 11.4 Å². The maximum Gasteiger partial charge on any atom is 0.338 e. The smallest absolute Gasteiger partial charge is 0.338 e. The number of benzene rings is 3. The monoisotopic (exact) mass is 600 g/mol. The zero-order valence-electron chi connectivity index (χ0n) is 21.7. The topological polar surface area (TPSA) is 154 Å². The number of ether oxygens (including phenoxy) is 1. The molecule has 5 rings (SSSR count). The van der Waals surface area contributed by atoms with Crippen molar-refractivity contribution in [3.8, 4) is 0 Å². The first-order valence-corrected chi connectivity index (χ1v) is 13.1. The minimum absolute atomic E-state index is 0.0132. The van der Waals surface area contributed by atoms with Crippen LogP contribution in [-0.2, 0) is 15.1 Å². The molecule has 2 heterocycles. The highest BCUT2D eigenvalue weighted by Gasteiger charge is 2.67. The summed E-state index contributed by atoms with van der Waals surface area (Å²) in [6.45, 7) is 1.55. The van der Waals surface area contributed by atoms with Gasteiger partial charge in [-0.1, -0.05) is 41.4 Å². The van der Waals surface area contributed by atoms with Crippen molar-refractivity contribution in [3.63, 3.8) is 0 Å². The molecule has 1 spiro atoms. The van der Waals surface area contributed by atoms with Crippen molar-refractivity contribution in [1.82, 2.24) is 5.32 Å². The van der Waals surface area contributed by atoms with Crippen molar-refractivity contribution >= 4 is 52.2 Å². The van der Waals surface area contributed by atoms with E-state index in [1.807, 2.05) is 0 Å². The third kappa shape index (κ3) is 4.41. The second kappa shape index (κ2) is 10.4. The van der Waals surface area contributed by atoms with E-state index in [2.05, 4.69) is 10.6 Å². The van der Waals surface area contributed by atoms with E-state index in [9.17, 15) is 24.5 Å². The van der Waals surface area contributed by atoms with Gasteiger partial charge >= 0.3 is 5.97 Å². The standard InChI is InChI=1S/C28H23Cl2FN4O6/c1-12-14(26(37)41-2)7-8-15(24(12)32)21(36)11-20-25(35(39)40)22(16-4-3-5-18(30)23(16)31)28(34-20)17-9-6-13(29)10-19(17)33-27(28)38/h3-10,20,22,25,34H,11,32H2,1-2H3,(H,33,38)/t20-,22-,25+,28+/m0/s1. The third-order valence-electron chi connectivity index (χ3n) is 7.83. The molecular weight excluding hydrogens is 578 g/mol. The number of amides is 1. The van der Waals surface area contributed by atoms with Gasteiger partial charge in [-0.05, 0) is 42.8 Å². The highest BCUT2D eigenvalue weighted by atomic mass is 35.5. The molecule has 212 valence electrons. The number of anilines is 2. The molecule has 3 aromatic rings. The summed E-state index contributed by atoms with van der Waals surface area (Å²) in [5.74, 6) is -4.20. The summed E-state index contributed by atoms with van der Waals surface area (Å²) in [5.41, 5.74) is 5.35. The predicted octanol–water partition coefficient (Wildman–Crippen LogP) is 4.63. The minimum atomic E-state index is -1.83. The van der Waals surface area contributed by atoms with Gasteiger partial charge in [-0.2, -0.15) is 0 Å². The summed E-state index contributed by atoms with van der Waals surface area (Å²) in [6.07, 6.45) is -0.469. The Labute approximate surface area is 243 Å². The molecule has 1 fully saturated rings. The van der Waals surface area contributed by atoms with Crippen molar-refractivity contribution < 1.29 is 28.4 Å². The molecule has 4 atom stereocenters. The largest absolute Gasteiger partial charge is 0.465 e. The van der Waals surface area contributed by atoms with Crippen LogP contribution in [-0.4, -0.2) is 41.8 Å². The molecule has 0 aliphatic carbocycles. The summed E-state index contributed by atoms with van der Waals surface area (Å²) in [7, 11) is 1.21. The number of rotatable bonds is 6. The number of Topliss-reactive ketones (excluding diaryl/α,β-unsaturated/α-hetero) is 1. The van der Waals surface area contributed by atoms with E-state index in [4.69, 9.17) is 33.7 Å². The molecule has 13 heteroatoms. The Balaban J connectivity index is 1.64. The van der Waals surface area contributed by atoms with E-state index >= 15 is 4.39 Å². The zero-order valence-corrected chi connectivity index (χ0v) is 23.2. The number of nitrogen functional groups attached to an aromatic ring is 1. The summed E-state index contributed by atoms with van der Waals surface area (Å²) < 4.78 is 20.3. The van der Waals surface area contributed by atoms with Gasteiger partial charge < -0.3 is 15.8 Å². The average Bonchev–Trinajstić information content (AvgIpc) is 3.40. The van der Waals surface area contributed by atoms with Crippen LogP contribution in [0.15, 0.2) is 48.5 Å². The molecule has 0 unspecified atom stereocenters. The predicted molar refractivity (Wildman–Crippen MR) is 149 cm³/mol. The molecule has 41 heavy (non-hydrogen) atoms. The molecule has 4 N–H and O–H groups in total. The number of halogens is 3. The van der Waals surface area contributed by atoms with E-state index < -0.39 is 58.4 Å². The first-order valence-electron chi connectivity index (χ1n) is 12.4. The van der Waals surface area contributed by atoms with Crippen LogP contribution in [0.5, 0.6) is 0 Å². The Bertz CT molecular complexity index is 1650. The second-order valence-electron chi connectivity index (χ2n) is 9.92. The SMILES string of the molecule is COC(=O)c1ccc(C(=O)C[C@@H]2N[C@@]3(C(=O)Nc4cc(Cl)ccc43)[C@@H](c3cccc(Cl)c3F)[C@@H]2[N+](=O)[O-])c(N)c1C. The lowest BCUT2D eigenvalue weighted by molar-refractivity contribution is -0.526. The number of methoxy groups -OCH3 is 1. The lowest BCUT2D eigenvalue weighted by Gasteiger charge is -2.30. The van der Waals surface area contributed by atoms with Crippen LogP contribution < -0.4 is 16.4 Å². The number of fused-ring (bicyclic) bond motifs is 2. The Kier molecular flexibility index (Phi) is 7.22. The van der Waals surface area contributed by atoms with Gasteiger partial charge in [-0.25, -0.2) is 9.18 Å². The molecule has 2 aliphatic heterocycles. The van der Waals surface area contributed by atoms with Crippen LogP contribution in [0, 0.1) is 22.9 Å². The third-order valence-corrected chi connectivity index (χ3v) is 8.36. The number of carbonyl (C=O) groups excluding carboxylic acids is 3. The van der Waals surface area contributed by atoms with Crippen LogP contribution in [0.1, 0.15) is 49.7 Å². The molecule has 0 radical (unpaired) electrons. The molecule has 2 aliphatic rings. The first kappa shape index (κ1) is 28.5. The van der Waals surface area contributed by atoms with Crippen LogP contribution in [0.2, 0.25) is 10.0 Å². The quantitative estimate of drug-likeness (QED) is 0.122. The van der Waals surface area contributed by atoms with Gasteiger partial charge in [0.25, 0.3) is 0 Å². The van der Waals surface area contributed by atoms with Crippen LogP contribution in [0.3, 0.4) is 0 Å². The number of nitro groups is 1. The molecule has 0 bridgehead atoms. The maximum absolute atomic E-state index is 15.5. The number of esters is 1. The number of nitrogens with one attached hydrogen (secondary N) is 2. The molecular formula is C28H23Cl2FN4O6. The maximum atomic E-state index is 15.5. The Morgan fingerprint density at radius 1 is 1.17 bits per heavy atom. The Morgan fingerprint density at radius 2 is 1.88 bits per heavy atom. The van der Waals surface area contributed by atoms with E-state index in [1.165, 1.54) is 55.6 Å². The van der Waals surface area contributed by atoms with Gasteiger partial charge in [-0.15, -0.1) is 0 Å². The number of carbonyl (C=O) groups is 3. The van der Waals surface area contributed by atoms with Gasteiger partial charge in [0.2, 0.25) is 11.9 Å². The number of ketones is 1. The molecule has 1 saturated heterocycles. The summed E-state index contributed by atoms with van der Waals surface area (Å²) in [5, 5.41) is 18.4. The van der Waals surface area contributed by atoms with Crippen LogP contribution >= 0.6 is 23.2 Å². The van der Waals surface area contributed by atoms with Gasteiger partial charge in [-0.3, -0.25) is 25.0 Å². The minimum Gasteiger partial charge on any atom is -0.465 e. The highest BCUT2D eigenvalue weighted by molar-refractivity contribution is 6.31. The van der Waals surface area contributed by atoms with E-state index in [0.29, 0.717) is 21.8 Å². The van der Waals surface area contributed by atoms with E-state index in [1.54, 1.807) is 6.92 Å². The van der Waals surface area contributed by atoms with Crippen molar-refractivity contribution in [2.45, 2.75) is 36.9 Å². The molecule has 1 amide bonds. The van der Waals surface area contributed by atoms with Crippen LogP contribution in [0.4, 0.5) is 15.8 Å². The second-order valence-corrected chi connectivity index (χ2v) is 10.8. The summed E-state index contributed by atoms with van der Waals surface area (Å²) in [6, 6.07) is 8.45. The van der Waals surface area contributed by atoms with Crippen molar-refractivity contribution in [1.29, 1.82) is 0 Å². The van der Waals surface area contributed by atoms with Crippen molar-refractivity contribution in [2.75, 3.05) is 18.2 Å². The normalized spacial score (nSPS) is 22.9. The number of hydrogen-bond acceptors (Lipinski definition) is 8. The molecule has 10 nitrogen and oxygen atoms in total.